The summed E-state index contributed by atoms with van der Waals surface area (Å²) in [4.78, 5) is 30.0. The minimum absolute atomic E-state index is 0.0126. The van der Waals surface area contributed by atoms with Gasteiger partial charge in [0.15, 0.2) is 11.4 Å². The molecule has 1 aliphatic heterocycles. The summed E-state index contributed by atoms with van der Waals surface area (Å²) in [6.07, 6.45) is 7.37. The molecule has 2 aromatic heterocycles. The van der Waals surface area contributed by atoms with Crippen LogP contribution in [0, 0.1) is 11.3 Å². The van der Waals surface area contributed by atoms with E-state index in [9.17, 15) is 9.59 Å². The Bertz CT molecular complexity index is 1030. The molecule has 162 valence electrons. The molecule has 6 heteroatoms. The summed E-state index contributed by atoms with van der Waals surface area (Å²) in [6, 6.07) is 4.06. The van der Waals surface area contributed by atoms with Gasteiger partial charge in [-0.25, -0.2) is 9.78 Å². The van der Waals surface area contributed by atoms with Gasteiger partial charge in [-0.05, 0) is 61.1 Å². The molecule has 0 spiro atoms. The van der Waals surface area contributed by atoms with Gasteiger partial charge in [-0.2, -0.15) is 0 Å². The van der Waals surface area contributed by atoms with Gasteiger partial charge >= 0.3 is 5.69 Å². The van der Waals surface area contributed by atoms with E-state index in [-0.39, 0.29) is 23.0 Å². The second-order valence-electron chi connectivity index (χ2n) is 10.1. The lowest BCUT2D eigenvalue weighted by Crippen LogP contribution is -2.27. The number of ketones is 1. The number of rotatable bonds is 5. The molecule has 4 rings (SSSR count). The van der Waals surface area contributed by atoms with Gasteiger partial charge in [0.2, 0.25) is 0 Å². The number of carbonyl (C=O) groups is 1. The zero-order chi connectivity index (χ0) is 21.5. The smallest absolute Gasteiger partial charge is 0.330 e. The molecule has 0 N–H and O–H groups in total. The summed E-state index contributed by atoms with van der Waals surface area (Å²) < 4.78 is 9.01. The molecular weight excluding hydrogens is 378 g/mol. The maximum atomic E-state index is 12.7. The minimum Gasteiger partial charge on any atom is -0.370 e. The van der Waals surface area contributed by atoms with Gasteiger partial charge in [0.1, 0.15) is 6.10 Å². The Morgan fingerprint density at radius 2 is 2.07 bits per heavy atom. The van der Waals surface area contributed by atoms with E-state index in [4.69, 9.17) is 9.72 Å². The Hall–Kier alpha value is -2.21. The highest BCUT2D eigenvalue weighted by Crippen LogP contribution is 2.33. The number of ether oxygens (including phenoxy) is 1. The monoisotopic (exact) mass is 411 g/mol. The van der Waals surface area contributed by atoms with Crippen molar-refractivity contribution in [2.75, 3.05) is 6.61 Å². The third-order valence-electron chi connectivity index (χ3n) is 6.24. The van der Waals surface area contributed by atoms with Crippen LogP contribution in [0.15, 0.2) is 23.0 Å². The Morgan fingerprint density at radius 1 is 1.27 bits per heavy atom. The van der Waals surface area contributed by atoms with Crippen LogP contribution in [0.25, 0.3) is 16.7 Å². The number of carbonyl (C=O) groups excluding carboxylic acids is 1. The first-order chi connectivity index (χ1) is 14.2. The molecule has 2 atom stereocenters. The SMILES string of the molecule is Cn1c(=O)n(CC(C)(C)C)c2ccc(C3=CCC(CC(=O)C4CCCO4)CC3)nc21. The van der Waals surface area contributed by atoms with Crippen molar-refractivity contribution in [1.29, 1.82) is 0 Å². The Labute approximate surface area is 177 Å². The van der Waals surface area contributed by atoms with Crippen LogP contribution in [-0.4, -0.2) is 32.6 Å². The van der Waals surface area contributed by atoms with E-state index in [0.717, 1.165) is 55.6 Å². The van der Waals surface area contributed by atoms with Crippen molar-refractivity contribution in [3.05, 3.63) is 34.4 Å². The van der Waals surface area contributed by atoms with Crippen LogP contribution in [0.3, 0.4) is 0 Å². The lowest BCUT2D eigenvalue weighted by Gasteiger charge is -2.22. The third kappa shape index (κ3) is 4.29. The standard InChI is InChI=1S/C24H33N3O3/c1-24(2,3)15-27-19-12-11-18(25-22(19)26(4)23(27)29)17-9-7-16(8-10-17)14-20(28)21-6-5-13-30-21/h9,11-12,16,21H,5-8,10,13-15H2,1-4H3. The van der Waals surface area contributed by atoms with E-state index in [1.54, 1.807) is 11.6 Å². The first kappa shape index (κ1) is 21.0. The molecule has 0 aromatic carbocycles. The second-order valence-corrected chi connectivity index (χ2v) is 10.1. The van der Waals surface area contributed by atoms with Crippen molar-refractivity contribution in [3.63, 3.8) is 0 Å². The molecular formula is C24H33N3O3. The van der Waals surface area contributed by atoms with E-state index in [1.165, 1.54) is 5.57 Å². The summed E-state index contributed by atoms with van der Waals surface area (Å²) in [5.74, 6) is 0.662. The third-order valence-corrected chi connectivity index (χ3v) is 6.24. The van der Waals surface area contributed by atoms with Gasteiger partial charge < -0.3 is 4.74 Å². The fourth-order valence-corrected chi connectivity index (χ4v) is 4.63. The number of hydrogen-bond donors (Lipinski definition) is 0. The molecule has 3 heterocycles. The molecule has 2 aromatic rings. The van der Waals surface area contributed by atoms with Gasteiger partial charge in [0.25, 0.3) is 0 Å². The van der Waals surface area contributed by atoms with Crippen molar-refractivity contribution < 1.29 is 9.53 Å². The maximum Gasteiger partial charge on any atom is 0.330 e. The lowest BCUT2D eigenvalue weighted by atomic mass is 9.84. The molecule has 2 unspecified atom stereocenters. The summed E-state index contributed by atoms with van der Waals surface area (Å²) in [7, 11) is 1.79. The number of aromatic nitrogens is 3. The van der Waals surface area contributed by atoms with Crippen LogP contribution in [0.1, 0.15) is 65.0 Å². The fourth-order valence-electron chi connectivity index (χ4n) is 4.63. The molecule has 2 aliphatic rings. The Kier molecular flexibility index (Phi) is 5.71. The van der Waals surface area contributed by atoms with Gasteiger partial charge in [0, 0.05) is 26.6 Å². The van der Waals surface area contributed by atoms with E-state index < -0.39 is 0 Å². The summed E-state index contributed by atoms with van der Waals surface area (Å²) >= 11 is 0. The summed E-state index contributed by atoms with van der Waals surface area (Å²) in [6.45, 7) is 7.78. The minimum atomic E-state index is -0.169. The van der Waals surface area contributed by atoms with E-state index in [0.29, 0.717) is 18.9 Å². The van der Waals surface area contributed by atoms with Crippen LogP contribution in [0.2, 0.25) is 0 Å². The molecule has 1 fully saturated rings. The van der Waals surface area contributed by atoms with Crippen LogP contribution in [0.4, 0.5) is 0 Å². The number of imidazole rings is 1. The Balaban J connectivity index is 1.51. The number of aryl methyl sites for hydroxylation is 1. The Morgan fingerprint density at radius 3 is 2.70 bits per heavy atom. The maximum absolute atomic E-state index is 12.7. The number of pyridine rings is 1. The van der Waals surface area contributed by atoms with Crippen LogP contribution < -0.4 is 5.69 Å². The highest BCUT2D eigenvalue weighted by atomic mass is 16.5. The first-order valence-corrected chi connectivity index (χ1v) is 11.1. The van der Waals surface area contributed by atoms with E-state index in [2.05, 4.69) is 26.8 Å². The van der Waals surface area contributed by atoms with Crippen molar-refractivity contribution in [2.24, 2.45) is 18.4 Å². The fraction of sp³-hybridized carbons (Fsp3) is 0.625. The molecule has 6 nitrogen and oxygen atoms in total. The molecule has 1 aliphatic carbocycles. The predicted octanol–water partition coefficient (Wildman–Crippen LogP) is 4.10. The molecule has 0 radical (unpaired) electrons. The number of nitrogens with zero attached hydrogens (tertiary/aromatic N) is 3. The van der Waals surface area contributed by atoms with Crippen LogP contribution in [0.5, 0.6) is 0 Å². The first-order valence-electron chi connectivity index (χ1n) is 11.1. The zero-order valence-electron chi connectivity index (χ0n) is 18.6. The quantitative estimate of drug-likeness (QED) is 0.743. The normalized spacial score (nSPS) is 22.5. The van der Waals surface area contributed by atoms with Crippen LogP contribution >= 0.6 is 0 Å². The summed E-state index contributed by atoms with van der Waals surface area (Å²) in [5, 5.41) is 0. The largest absolute Gasteiger partial charge is 0.370 e. The van der Waals surface area contributed by atoms with E-state index >= 15 is 0 Å². The van der Waals surface area contributed by atoms with E-state index in [1.807, 2.05) is 16.7 Å². The van der Waals surface area contributed by atoms with Crippen molar-refractivity contribution in [1.82, 2.24) is 14.1 Å². The molecule has 0 saturated carbocycles. The average Bonchev–Trinajstić information content (AvgIpc) is 3.32. The number of Topliss-reactive ketones (excluding diaryl/α,β-unsaturated/α-hetero) is 1. The number of allylic oxidation sites excluding steroid dienone is 2. The van der Waals surface area contributed by atoms with Gasteiger partial charge in [-0.1, -0.05) is 26.8 Å². The second kappa shape index (κ2) is 8.14. The molecule has 30 heavy (non-hydrogen) atoms. The summed E-state index contributed by atoms with van der Waals surface area (Å²) in [5.41, 5.74) is 3.77. The lowest BCUT2D eigenvalue weighted by molar-refractivity contribution is -0.128. The van der Waals surface area contributed by atoms with Gasteiger partial charge in [-0.3, -0.25) is 13.9 Å². The molecule has 0 amide bonds. The number of hydrogen-bond acceptors (Lipinski definition) is 4. The average molecular weight is 412 g/mol. The topological polar surface area (TPSA) is 66.1 Å². The predicted molar refractivity (Wildman–Crippen MR) is 118 cm³/mol. The highest BCUT2D eigenvalue weighted by molar-refractivity contribution is 5.83. The van der Waals surface area contributed by atoms with Gasteiger partial charge in [-0.15, -0.1) is 0 Å². The van der Waals surface area contributed by atoms with Gasteiger partial charge in [0.05, 0.1) is 11.2 Å². The van der Waals surface area contributed by atoms with Crippen molar-refractivity contribution >= 4 is 22.5 Å². The highest BCUT2D eigenvalue weighted by Gasteiger charge is 2.27. The zero-order valence-corrected chi connectivity index (χ0v) is 18.6. The van der Waals surface area contributed by atoms with Crippen molar-refractivity contribution in [2.45, 2.75) is 71.9 Å². The molecule has 0 bridgehead atoms. The number of fused-ring (bicyclic) bond motifs is 1. The van der Waals surface area contributed by atoms with Crippen molar-refractivity contribution in [3.8, 4) is 0 Å². The van der Waals surface area contributed by atoms with Crippen LogP contribution in [-0.2, 0) is 23.1 Å². The molecule has 1 saturated heterocycles.